The molecule has 118 valence electrons. The van der Waals surface area contributed by atoms with Crippen molar-refractivity contribution in [2.24, 2.45) is 0 Å². The molecule has 2 aromatic heterocycles. The Morgan fingerprint density at radius 1 is 1.27 bits per heavy atom. The SMILES string of the molecule is CCCc1nc(C(=O)NCc2csc(N3CCCC3)n2)cs1. The van der Waals surface area contributed by atoms with Crippen LogP contribution in [-0.4, -0.2) is 29.0 Å². The molecule has 2 aromatic rings. The minimum Gasteiger partial charge on any atom is -0.348 e. The molecule has 3 heterocycles. The second-order valence-corrected chi connectivity index (χ2v) is 7.15. The van der Waals surface area contributed by atoms with Crippen LogP contribution in [0.5, 0.6) is 0 Å². The number of carbonyl (C=O) groups excluding carboxylic acids is 1. The maximum absolute atomic E-state index is 12.1. The molecule has 1 amide bonds. The molecule has 7 heteroatoms. The monoisotopic (exact) mass is 336 g/mol. The highest BCUT2D eigenvalue weighted by Gasteiger charge is 2.16. The number of nitrogens with one attached hydrogen (secondary N) is 1. The molecule has 3 rings (SSSR count). The number of thiazole rings is 2. The van der Waals surface area contributed by atoms with Crippen molar-refractivity contribution in [3.05, 3.63) is 27.2 Å². The summed E-state index contributed by atoms with van der Waals surface area (Å²) in [4.78, 5) is 23.4. The molecule has 1 N–H and O–H groups in total. The number of amides is 1. The molecule has 0 saturated carbocycles. The van der Waals surface area contributed by atoms with Crippen molar-refractivity contribution in [2.45, 2.75) is 39.2 Å². The van der Waals surface area contributed by atoms with E-state index >= 15 is 0 Å². The van der Waals surface area contributed by atoms with E-state index in [4.69, 9.17) is 0 Å². The number of aryl methyl sites for hydroxylation is 1. The second kappa shape index (κ2) is 7.19. The number of hydrogen-bond donors (Lipinski definition) is 1. The molecule has 0 aromatic carbocycles. The van der Waals surface area contributed by atoms with Crippen LogP contribution in [0.2, 0.25) is 0 Å². The molecular formula is C15H20N4OS2. The van der Waals surface area contributed by atoms with Crippen molar-refractivity contribution >= 4 is 33.7 Å². The molecule has 5 nitrogen and oxygen atoms in total. The van der Waals surface area contributed by atoms with Crippen molar-refractivity contribution in [1.29, 1.82) is 0 Å². The van der Waals surface area contributed by atoms with Crippen LogP contribution in [-0.2, 0) is 13.0 Å². The molecule has 1 fully saturated rings. The minimum atomic E-state index is -0.116. The van der Waals surface area contributed by atoms with Gasteiger partial charge in [0.05, 0.1) is 17.2 Å². The minimum absolute atomic E-state index is 0.116. The fourth-order valence-corrected chi connectivity index (χ4v) is 4.20. The zero-order valence-corrected chi connectivity index (χ0v) is 14.3. The number of aromatic nitrogens is 2. The van der Waals surface area contributed by atoms with E-state index in [1.165, 1.54) is 12.8 Å². The number of anilines is 1. The van der Waals surface area contributed by atoms with Crippen LogP contribution in [0.4, 0.5) is 5.13 Å². The first-order valence-corrected chi connectivity index (χ1v) is 9.44. The van der Waals surface area contributed by atoms with Crippen LogP contribution in [0.3, 0.4) is 0 Å². The first-order chi connectivity index (χ1) is 10.8. The van der Waals surface area contributed by atoms with Crippen LogP contribution < -0.4 is 10.2 Å². The largest absolute Gasteiger partial charge is 0.348 e. The molecule has 0 unspecified atom stereocenters. The summed E-state index contributed by atoms with van der Waals surface area (Å²) in [6, 6.07) is 0. The van der Waals surface area contributed by atoms with E-state index in [1.54, 1.807) is 22.7 Å². The zero-order valence-electron chi connectivity index (χ0n) is 12.7. The third-order valence-corrected chi connectivity index (χ3v) is 5.45. The lowest BCUT2D eigenvalue weighted by atomic mass is 10.3. The average molecular weight is 336 g/mol. The molecule has 0 spiro atoms. The lowest BCUT2D eigenvalue weighted by molar-refractivity contribution is 0.0946. The Morgan fingerprint density at radius 2 is 2.09 bits per heavy atom. The summed E-state index contributed by atoms with van der Waals surface area (Å²) in [5.74, 6) is -0.116. The van der Waals surface area contributed by atoms with E-state index in [-0.39, 0.29) is 5.91 Å². The highest BCUT2D eigenvalue weighted by Crippen LogP contribution is 2.24. The zero-order chi connectivity index (χ0) is 15.4. The normalized spacial score (nSPS) is 14.5. The molecule has 0 aliphatic carbocycles. The fraction of sp³-hybridized carbons (Fsp3) is 0.533. The smallest absolute Gasteiger partial charge is 0.271 e. The highest BCUT2D eigenvalue weighted by molar-refractivity contribution is 7.13. The standard InChI is InChI=1S/C15H20N4OS2/c1-2-5-13-18-12(10-21-13)14(20)16-8-11-9-22-15(17-11)19-6-3-4-7-19/h9-10H,2-8H2,1H3,(H,16,20). The van der Waals surface area contributed by atoms with Gasteiger partial charge >= 0.3 is 0 Å². The number of carbonyl (C=O) groups is 1. The van der Waals surface area contributed by atoms with Gasteiger partial charge in [0.15, 0.2) is 5.13 Å². The van der Waals surface area contributed by atoms with Gasteiger partial charge in [-0.25, -0.2) is 9.97 Å². The quantitative estimate of drug-likeness (QED) is 0.881. The summed E-state index contributed by atoms with van der Waals surface area (Å²) in [7, 11) is 0. The molecule has 0 bridgehead atoms. The molecule has 22 heavy (non-hydrogen) atoms. The summed E-state index contributed by atoms with van der Waals surface area (Å²) in [6.45, 7) is 4.77. The van der Waals surface area contributed by atoms with Gasteiger partial charge in [-0.1, -0.05) is 6.92 Å². The molecule has 1 aliphatic rings. The van der Waals surface area contributed by atoms with Gasteiger partial charge in [0.2, 0.25) is 0 Å². The summed E-state index contributed by atoms with van der Waals surface area (Å²) in [6.07, 6.45) is 4.47. The lowest BCUT2D eigenvalue weighted by Crippen LogP contribution is -2.23. The topological polar surface area (TPSA) is 58.1 Å². The van der Waals surface area contributed by atoms with Gasteiger partial charge in [0.1, 0.15) is 5.69 Å². The highest BCUT2D eigenvalue weighted by atomic mass is 32.1. The Labute approximate surface area is 138 Å². The Hall–Kier alpha value is -1.47. The average Bonchev–Trinajstić information content (AvgIpc) is 3.25. The van der Waals surface area contributed by atoms with E-state index < -0.39 is 0 Å². The fourth-order valence-electron chi connectivity index (χ4n) is 2.44. The van der Waals surface area contributed by atoms with Crippen molar-refractivity contribution in [3.8, 4) is 0 Å². The lowest BCUT2D eigenvalue weighted by Gasteiger charge is -2.12. The Morgan fingerprint density at radius 3 is 2.86 bits per heavy atom. The summed E-state index contributed by atoms with van der Waals surface area (Å²) in [5, 5.41) is 8.86. The van der Waals surface area contributed by atoms with Crippen LogP contribution in [0.25, 0.3) is 0 Å². The summed E-state index contributed by atoms with van der Waals surface area (Å²) < 4.78 is 0. The van der Waals surface area contributed by atoms with Gasteiger partial charge in [-0.15, -0.1) is 22.7 Å². The Balaban J connectivity index is 1.54. The van der Waals surface area contributed by atoms with Gasteiger partial charge < -0.3 is 10.2 Å². The van der Waals surface area contributed by atoms with Crippen molar-refractivity contribution in [2.75, 3.05) is 18.0 Å². The van der Waals surface area contributed by atoms with Crippen molar-refractivity contribution < 1.29 is 4.79 Å². The maximum Gasteiger partial charge on any atom is 0.271 e. The molecule has 0 radical (unpaired) electrons. The van der Waals surface area contributed by atoms with Crippen molar-refractivity contribution in [3.63, 3.8) is 0 Å². The molecule has 1 aliphatic heterocycles. The van der Waals surface area contributed by atoms with Gasteiger partial charge in [-0.3, -0.25) is 4.79 Å². The second-order valence-electron chi connectivity index (χ2n) is 5.37. The number of nitrogens with zero attached hydrogens (tertiary/aromatic N) is 3. The van der Waals surface area contributed by atoms with Gasteiger partial charge in [0, 0.05) is 23.8 Å². The molecule has 1 saturated heterocycles. The predicted octanol–water partition coefficient (Wildman–Crippen LogP) is 3.08. The maximum atomic E-state index is 12.1. The van der Waals surface area contributed by atoms with Crippen LogP contribution in [0, 0.1) is 0 Å². The van der Waals surface area contributed by atoms with Gasteiger partial charge in [-0.05, 0) is 25.7 Å². The van der Waals surface area contributed by atoms with Gasteiger partial charge in [0.25, 0.3) is 5.91 Å². The summed E-state index contributed by atoms with van der Waals surface area (Å²) >= 11 is 3.21. The summed E-state index contributed by atoms with van der Waals surface area (Å²) in [5.41, 5.74) is 1.44. The van der Waals surface area contributed by atoms with E-state index in [0.717, 1.165) is 41.8 Å². The third kappa shape index (κ3) is 3.64. The third-order valence-electron chi connectivity index (χ3n) is 3.59. The van der Waals surface area contributed by atoms with Crippen LogP contribution >= 0.6 is 22.7 Å². The number of hydrogen-bond acceptors (Lipinski definition) is 6. The van der Waals surface area contributed by atoms with Crippen LogP contribution in [0.1, 0.15) is 47.4 Å². The van der Waals surface area contributed by atoms with E-state index in [9.17, 15) is 4.79 Å². The molecule has 0 atom stereocenters. The predicted molar refractivity (Wildman–Crippen MR) is 90.8 cm³/mol. The number of rotatable bonds is 6. The van der Waals surface area contributed by atoms with E-state index in [2.05, 4.69) is 27.1 Å². The van der Waals surface area contributed by atoms with E-state index in [0.29, 0.717) is 12.2 Å². The first kappa shape index (κ1) is 15.4. The van der Waals surface area contributed by atoms with Crippen LogP contribution in [0.15, 0.2) is 10.8 Å². The van der Waals surface area contributed by atoms with E-state index in [1.807, 2.05) is 10.8 Å². The van der Waals surface area contributed by atoms with Crippen molar-refractivity contribution in [1.82, 2.24) is 15.3 Å². The van der Waals surface area contributed by atoms with Gasteiger partial charge in [-0.2, -0.15) is 0 Å². The molecular weight excluding hydrogens is 316 g/mol. The first-order valence-electron chi connectivity index (χ1n) is 7.68. The Bertz CT molecular complexity index is 631. The Kier molecular flexibility index (Phi) is 5.04.